The average molecular weight is 433 g/mol. The number of nitrogens with one attached hydrogen (secondary N) is 1. The van der Waals surface area contributed by atoms with Crippen molar-refractivity contribution in [2.24, 2.45) is 0 Å². The maximum absolute atomic E-state index is 13.9. The van der Waals surface area contributed by atoms with E-state index >= 15 is 0 Å². The van der Waals surface area contributed by atoms with Crippen LogP contribution in [-0.4, -0.2) is 43.6 Å². The highest BCUT2D eigenvalue weighted by atomic mass is 32.1. The SMILES string of the molecule is COc1cccc(CN(C)CC(=O)Nc2nc(-c3cc(F)ccc3F)cs2)c1OC. The van der Waals surface area contributed by atoms with Crippen molar-refractivity contribution in [3.05, 3.63) is 59.0 Å². The standard InChI is InChI=1S/C21H21F2N3O3S/c1-26(10-13-5-4-6-18(28-2)20(13)29-3)11-19(27)25-21-24-17(12-30-21)15-9-14(22)7-8-16(15)23/h4-9,12H,10-11H2,1-3H3,(H,24,25,27). The summed E-state index contributed by atoms with van der Waals surface area (Å²) in [6.45, 7) is 0.565. The summed E-state index contributed by atoms with van der Waals surface area (Å²) in [6, 6.07) is 8.72. The minimum atomic E-state index is -0.577. The van der Waals surface area contributed by atoms with Crippen molar-refractivity contribution < 1.29 is 23.0 Å². The summed E-state index contributed by atoms with van der Waals surface area (Å²) in [5, 5.41) is 4.57. The number of halogens is 2. The van der Waals surface area contributed by atoms with E-state index in [4.69, 9.17) is 9.47 Å². The normalized spacial score (nSPS) is 10.9. The van der Waals surface area contributed by atoms with E-state index in [1.165, 1.54) is 0 Å². The molecule has 0 saturated carbocycles. The summed E-state index contributed by atoms with van der Waals surface area (Å²) in [5.74, 6) is -0.173. The van der Waals surface area contributed by atoms with Gasteiger partial charge in [0, 0.05) is 23.1 Å². The van der Waals surface area contributed by atoms with Gasteiger partial charge < -0.3 is 14.8 Å². The van der Waals surface area contributed by atoms with Gasteiger partial charge in [0.1, 0.15) is 11.6 Å². The predicted molar refractivity (Wildman–Crippen MR) is 112 cm³/mol. The largest absolute Gasteiger partial charge is 0.493 e. The first-order valence-corrected chi connectivity index (χ1v) is 9.88. The van der Waals surface area contributed by atoms with Crippen LogP contribution in [-0.2, 0) is 11.3 Å². The molecule has 1 heterocycles. The number of ether oxygens (including phenoxy) is 2. The summed E-state index contributed by atoms with van der Waals surface area (Å²) in [6.07, 6.45) is 0. The Morgan fingerprint density at radius 3 is 2.73 bits per heavy atom. The number of methoxy groups -OCH3 is 2. The van der Waals surface area contributed by atoms with E-state index in [-0.39, 0.29) is 23.7 Å². The van der Waals surface area contributed by atoms with Gasteiger partial charge in [-0.1, -0.05) is 12.1 Å². The quantitative estimate of drug-likeness (QED) is 0.578. The van der Waals surface area contributed by atoms with Gasteiger partial charge >= 0.3 is 0 Å². The van der Waals surface area contributed by atoms with Gasteiger partial charge in [0.25, 0.3) is 0 Å². The molecule has 0 aliphatic carbocycles. The molecule has 0 spiro atoms. The molecule has 2 aromatic carbocycles. The summed E-state index contributed by atoms with van der Waals surface area (Å²) in [4.78, 5) is 18.4. The molecule has 1 amide bonds. The maximum atomic E-state index is 13.9. The Kier molecular flexibility index (Phi) is 6.96. The van der Waals surface area contributed by atoms with Crippen molar-refractivity contribution in [3.63, 3.8) is 0 Å². The average Bonchev–Trinajstić information content (AvgIpc) is 3.17. The fourth-order valence-corrected chi connectivity index (χ4v) is 3.70. The minimum Gasteiger partial charge on any atom is -0.493 e. The van der Waals surface area contributed by atoms with Crippen molar-refractivity contribution in [1.29, 1.82) is 0 Å². The van der Waals surface area contributed by atoms with Crippen LogP contribution in [0.3, 0.4) is 0 Å². The number of amides is 1. The first kappa shape index (κ1) is 21.7. The summed E-state index contributed by atoms with van der Waals surface area (Å²) >= 11 is 1.14. The highest BCUT2D eigenvalue weighted by Crippen LogP contribution is 2.31. The first-order chi connectivity index (χ1) is 14.4. The lowest BCUT2D eigenvalue weighted by Crippen LogP contribution is -2.30. The molecule has 0 fully saturated rings. The molecular weight excluding hydrogens is 412 g/mol. The Balaban J connectivity index is 1.62. The van der Waals surface area contributed by atoms with Crippen LogP contribution in [0.15, 0.2) is 41.8 Å². The van der Waals surface area contributed by atoms with Crippen LogP contribution in [0.25, 0.3) is 11.3 Å². The number of hydrogen-bond donors (Lipinski definition) is 1. The monoisotopic (exact) mass is 433 g/mol. The first-order valence-electron chi connectivity index (χ1n) is 9.00. The Hall–Kier alpha value is -3.04. The van der Waals surface area contributed by atoms with Gasteiger partial charge in [-0.3, -0.25) is 9.69 Å². The van der Waals surface area contributed by atoms with Crippen LogP contribution in [0.1, 0.15) is 5.56 Å². The predicted octanol–water partition coefficient (Wildman–Crippen LogP) is 4.18. The molecule has 0 aliphatic rings. The number of carbonyl (C=O) groups is 1. The maximum Gasteiger partial charge on any atom is 0.240 e. The number of thiazole rings is 1. The lowest BCUT2D eigenvalue weighted by Gasteiger charge is -2.19. The molecule has 1 N–H and O–H groups in total. The molecule has 9 heteroatoms. The zero-order valence-corrected chi connectivity index (χ0v) is 17.6. The molecule has 158 valence electrons. The molecule has 0 saturated heterocycles. The molecule has 3 aromatic rings. The van der Waals surface area contributed by atoms with E-state index in [1.807, 2.05) is 17.0 Å². The second-order valence-corrected chi connectivity index (χ2v) is 7.39. The highest BCUT2D eigenvalue weighted by Gasteiger charge is 2.15. The lowest BCUT2D eigenvalue weighted by molar-refractivity contribution is -0.117. The molecule has 0 radical (unpaired) electrons. The Morgan fingerprint density at radius 1 is 1.20 bits per heavy atom. The number of anilines is 1. The van der Waals surface area contributed by atoms with Crippen molar-refractivity contribution in [1.82, 2.24) is 9.88 Å². The number of rotatable bonds is 8. The molecule has 3 rings (SSSR count). The second kappa shape index (κ2) is 9.64. The van der Waals surface area contributed by atoms with E-state index in [2.05, 4.69) is 10.3 Å². The van der Waals surface area contributed by atoms with E-state index in [0.29, 0.717) is 23.2 Å². The Morgan fingerprint density at radius 2 is 2.00 bits per heavy atom. The number of para-hydroxylation sites is 1. The highest BCUT2D eigenvalue weighted by molar-refractivity contribution is 7.14. The third-order valence-electron chi connectivity index (χ3n) is 4.29. The van der Waals surface area contributed by atoms with Gasteiger partial charge in [-0.15, -0.1) is 11.3 Å². The van der Waals surface area contributed by atoms with Crippen LogP contribution >= 0.6 is 11.3 Å². The molecule has 30 heavy (non-hydrogen) atoms. The van der Waals surface area contributed by atoms with Gasteiger partial charge in [-0.05, 0) is 31.3 Å². The third kappa shape index (κ3) is 5.11. The second-order valence-electron chi connectivity index (χ2n) is 6.54. The lowest BCUT2D eigenvalue weighted by atomic mass is 10.1. The topological polar surface area (TPSA) is 63.7 Å². The van der Waals surface area contributed by atoms with Crippen molar-refractivity contribution >= 4 is 22.4 Å². The van der Waals surface area contributed by atoms with Crippen molar-refractivity contribution in [2.45, 2.75) is 6.54 Å². The fourth-order valence-electron chi connectivity index (χ4n) is 2.98. The van der Waals surface area contributed by atoms with E-state index in [0.717, 1.165) is 35.1 Å². The van der Waals surface area contributed by atoms with E-state index in [1.54, 1.807) is 32.7 Å². The minimum absolute atomic E-state index is 0.0500. The summed E-state index contributed by atoms with van der Waals surface area (Å²) in [7, 11) is 4.93. The Bertz CT molecular complexity index is 1040. The molecule has 1 aromatic heterocycles. The van der Waals surface area contributed by atoms with E-state index < -0.39 is 11.6 Å². The third-order valence-corrected chi connectivity index (χ3v) is 5.05. The van der Waals surface area contributed by atoms with Gasteiger partial charge in [0.15, 0.2) is 16.6 Å². The zero-order chi connectivity index (χ0) is 21.7. The van der Waals surface area contributed by atoms with Crippen LogP contribution in [0.4, 0.5) is 13.9 Å². The van der Waals surface area contributed by atoms with Crippen LogP contribution in [0, 0.1) is 11.6 Å². The van der Waals surface area contributed by atoms with Crippen LogP contribution in [0.2, 0.25) is 0 Å². The number of carbonyl (C=O) groups excluding carboxylic acids is 1. The van der Waals surface area contributed by atoms with Gasteiger partial charge in [-0.25, -0.2) is 13.8 Å². The zero-order valence-electron chi connectivity index (χ0n) is 16.7. The van der Waals surface area contributed by atoms with Gasteiger partial charge in [0.05, 0.1) is 26.5 Å². The van der Waals surface area contributed by atoms with Crippen LogP contribution in [0.5, 0.6) is 11.5 Å². The Labute approximate surface area is 177 Å². The van der Waals surface area contributed by atoms with Gasteiger partial charge in [0.2, 0.25) is 5.91 Å². The molecule has 0 atom stereocenters. The summed E-state index contributed by atoms with van der Waals surface area (Å²) in [5.41, 5.74) is 1.20. The van der Waals surface area contributed by atoms with E-state index in [9.17, 15) is 13.6 Å². The molecule has 0 bridgehead atoms. The number of nitrogens with zero attached hydrogens (tertiary/aromatic N) is 2. The molecule has 0 aliphatic heterocycles. The number of hydrogen-bond acceptors (Lipinski definition) is 6. The number of likely N-dealkylation sites (N-methyl/N-ethyl adjacent to an activating group) is 1. The van der Waals surface area contributed by atoms with Crippen molar-refractivity contribution in [3.8, 4) is 22.8 Å². The number of aromatic nitrogens is 1. The number of benzene rings is 2. The molecular formula is C21H21F2N3O3S. The van der Waals surface area contributed by atoms with Crippen molar-refractivity contribution in [2.75, 3.05) is 33.1 Å². The van der Waals surface area contributed by atoms with Gasteiger partial charge in [-0.2, -0.15) is 0 Å². The fraction of sp³-hybridized carbons (Fsp3) is 0.238. The van der Waals surface area contributed by atoms with Crippen LogP contribution < -0.4 is 14.8 Å². The smallest absolute Gasteiger partial charge is 0.240 e. The molecule has 0 unspecified atom stereocenters. The summed E-state index contributed by atoms with van der Waals surface area (Å²) < 4.78 is 38.0. The molecule has 6 nitrogen and oxygen atoms in total.